The van der Waals surface area contributed by atoms with Gasteiger partial charge in [0.25, 0.3) is 0 Å². The normalized spacial score (nSPS) is 8.94. The highest BCUT2D eigenvalue weighted by Crippen LogP contribution is 2.28. The maximum atomic E-state index is 11.5. The van der Waals surface area contributed by atoms with Crippen molar-refractivity contribution in [1.29, 1.82) is 10.5 Å². The van der Waals surface area contributed by atoms with Gasteiger partial charge < -0.3 is 9.47 Å². The molecular formula is C10H6N2O4S. The van der Waals surface area contributed by atoms with Crippen LogP contribution in [-0.4, -0.2) is 26.2 Å². The van der Waals surface area contributed by atoms with Crippen LogP contribution in [0.4, 0.5) is 0 Å². The van der Waals surface area contributed by atoms with Crippen molar-refractivity contribution in [2.45, 2.75) is 0 Å². The molecule has 86 valence electrons. The zero-order valence-corrected chi connectivity index (χ0v) is 9.75. The zero-order valence-electron chi connectivity index (χ0n) is 8.94. The number of rotatable bonds is 2. The van der Waals surface area contributed by atoms with Gasteiger partial charge in [-0.3, -0.25) is 0 Å². The molecule has 6 nitrogen and oxygen atoms in total. The van der Waals surface area contributed by atoms with Crippen LogP contribution in [0.2, 0.25) is 0 Å². The van der Waals surface area contributed by atoms with Crippen molar-refractivity contribution < 1.29 is 19.1 Å². The second kappa shape index (κ2) is 5.10. The lowest BCUT2D eigenvalue weighted by Crippen LogP contribution is -2.11. The fraction of sp³-hybridized carbons (Fsp3) is 0.200. The number of ether oxygens (including phenoxy) is 2. The van der Waals surface area contributed by atoms with Crippen LogP contribution < -0.4 is 0 Å². The Morgan fingerprint density at radius 2 is 1.35 bits per heavy atom. The number of esters is 2. The molecule has 0 aromatic carbocycles. The summed E-state index contributed by atoms with van der Waals surface area (Å²) in [5.41, 5.74) is -0.438. The van der Waals surface area contributed by atoms with E-state index in [4.69, 9.17) is 10.5 Å². The Kier molecular flexibility index (Phi) is 3.81. The monoisotopic (exact) mass is 250 g/mol. The third-order valence-electron chi connectivity index (χ3n) is 1.89. The van der Waals surface area contributed by atoms with Crippen LogP contribution in [0.25, 0.3) is 0 Å². The molecule has 0 atom stereocenters. The molecule has 0 fully saturated rings. The Bertz CT molecular complexity index is 514. The van der Waals surface area contributed by atoms with Gasteiger partial charge in [0, 0.05) is 0 Å². The molecule has 0 radical (unpaired) electrons. The lowest BCUT2D eigenvalue weighted by molar-refractivity contribution is 0.0556. The lowest BCUT2D eigenvalue weighted by Gasteiger charge is -2.01. The van der Waals surface area contributed by atoms with Gasteiger partial charge in [0.05, 0.1) is 14.2 Å². The molecule has 17 heavy (non-hydrogen) atoms. The Morgan fingerprint density at radius 3 is 1.59 bits per heavy atom. The van der Waals surface area contributed by atoms with E-state index in [1.165, 1.54) is 0 Å². The number of carbonyl (C=O) groups is 2. The van der Waals surface area contributed by atoms with Gasteiger partial charge in [0.2, 0.25) is 0 Å². The molecule has 0 bridgehead atoms. The number of hydrogen-bond acceptors (Lipinski definition) is 7. The summed E-state index contributed by atoms with van der Waals surface area (Å²) in [6.07, 6.45) is 0. The fourth-order valence-electron chi connectivity index (χ4n) is 1.18. The van der Waals surface area contributed by atoms with Crippen LogP contribution in [0, 0.1) is 22.7 Å². The van der Waals surface area contributed by atoms with Gasteiger partial charge >= 0.3 is 11.9 Å². The van der Waals surface area contributed by atoms with Gasteiger partial charge in [-0.25, -0.2) is 9.59 Å². The molecule has 0 N–H and O–H groups in total. The minimum Gasteiger partial charge on any atom is -0.465 e. The molecule has 1 aromatic heterocycles. The van der Waals surface area contributed by atoms with Gasteiger partial charge in [-0.2, -0.15) is 10.5 Å². The fourth-order valence-corrected chi connectivity index (χ4v) is 2.05. The third-order valence-corrected chi connectivity index (χ3v) is 2.89. The highest BCUT2D eigenvalue weighted by Gasteiger charge is 2.29. The molecule has 0 spiro atoms. The van der Waals surface area contributed by atoms with Crippen molar-refractivity contribution >= 4 is 23.3 Å². The van der Waals surface area contributed by atoms with Gasteiger partial charge in [-0.1, -0.05) is 0 Å². The van der Waals surface area contributed by atoms with Crippen molar-refractivity contribution in [2.24, 2.45) is 0 Å². The number of carbonyl (C=O) groups excluding carboxylic acids is 2. The van der Waals surface area contributed by atoms with Crippen LogP contribution in [0.1, 0.15) is 30.5 Å². The van der Waals surface area contributed by atoms with E-state index >= 15 is 0 Å². The van der Waals surface area contributed by atoms with Crippen LogP contribution in [0.15, 0.2) is 0 Å². The Balaban J connectivity index is 3.60. The Hall–Kier alpha value is -2.38. The third kappa shape index (κ3) is 2.10. The van der Waals surface area contributed by atoms with E-state index in [1.54, 1.807) is 12.1 Å². The average molecular weight is 250 g/mol. The van der Waals surface area contributed by atoms with E-state index in [0.717, 1.165) is 25.6 Å². The topological polar surface area (TPSA) is 100 Å². The summed E-state index contributed by atoms with van der Waals surface area (Å²) in [7, 11) is 2.24. The zero-order chi connectivity index (χ0) is 13.0. The number of nitrogens with zero attached hydrogens (tertiary/aromatic N) is 2. The number of hydrogen-bond donors (Lipinski definition) is 0. The summed E-state index contributed by atoms with van der Waals surface area (Å²) in [6.45, 7) is 0. The van der Waals surface area contributed by atoms with Crippen molar-refractivity contribution in [2.75, 3.05) is 14.2 Å². The Labute approximate surface area is 101 Å². The number of methoxy groups -OCH3 is 2. The van der Waals surface area contributed by atoms with Gasteiger partial charge in [0.15, 0.2) is 0 Å². The predicted molar refractivity (Wildman–Crippen MR) is 56.4 cm³/mol. The van der Waals surface area contributed by atoms with Gasteiger partial charge in [-0.05, 0) is 0 Å². The van der Waals surface area contributed by atoms with Crippen molar-refractivity contribution in [3.8, 4) is 12.1 Å². The van der Waals surface area contributed by atoms with Crippen LogP contribution in [0.5, 0.6) is 0 Å². The van der Waals surface area contributed by atoms with Crippen molar-refractivity contribution in [3.63, 3.8) is 0 Å². The standard InChI is InChI=1S/C10H6N2O4S/c1-15-9(13)7-5(3-11)17-6(4-12)8(7)10(14)16-2/h1-2H3. The highest BCUT2D eigenvalue weighted by atomic mass is 32.1. The van der Waals surface area contributed by atoms with E-state index < -0.39 is 11.9 Å². The van der Waals surface area contributed by atoms with Gasteiger partial charge in [-0.15, -0.1) is 11.3 Å². The summed E-state index contributed by atoms with van der Waals surface area (Å²) in [4.78, 5) is 22.9. The number of thiophene rings is 1. The first-order chi connectivity index (χ1) is 8.10. The quantitative estimate of drug-likeness (QED) is 0.727. The van der Waals surface area contributed by atoms with E-state index in [1.807, 2.05) is 0 Å². The Morgan fingerprint density at radius 1 is 1.00 bits per heavy atom. The molecular weight excluding hydrogens is 244 g/mol. The number of nitriles is 2. The first-order valence-corrected chi connectivity index (χ1v) is 5.05. The SMILES string of the molecule is COC(=O)c1c(C#N)sc(C#N)c1C(=O)OC. The molecule has 0 unspecified atom stereocenters. The van der Waals surface area contributed by atoms with Crippen LogP contribution in [-0.2, 0) is 9.47 Å². The van der Waals surface area contributed by atoms with Crippen LogP contribution in [0.3, 0.4) is 0 Å². The summed E-state index contributed by atoms with van der Waals surface area (Å²) < 4.78 is 8.94. The molecule has 1 rings (SSSR count). The largest absolute Gasteiger partial charge is 0.465 e. The minimum atomic E-state index is -0.847. The molecule has 0 aliphatic heterocycles. The highest BCUT2D eigenvalue weighted by molar-refractivity contribution is 7.13. The second-order valence-corrected chi connectivity index (χ2v) is 3.74. The maximum Gasteiger partial charge on any atom is 0.341 e. The molecule has 0 saturated carbocycles. The summed E-state index contributed by atoms with van der Waals surface area (Å²) >= 11 is 0.750. The molecule has 1 aromatic rings. The predicted octanol–water partition coefficient (Wildman–Crippen LogP) is 1.06. The van der Waals surface area contributed by atoms with E-state index in [2.05, 4.69) is 9.47 Å². The lowest BCUT2D eigenvalue weighted by atomic mass is 10.1. The summed E-state index contributed by atoms with van der Waals surface area (Å²) in [5, 5.41) is 17.7. The van der Waals surface area contributed by atoms with Crippen LogP contribution >= 0.6 is 11.3 Å². The minimum absolute atomic E-state index is 0.0474. The molecule has 0 aliphatic rings. The molecule has 7 heteroatoms. The first kappa shape index (κ1) is 12.7. The molecule has 0 amide bonds. The van der Waals surface area contributed by atoms with E-state index in [0.29, 0.717) is 0 Å². The smallest absolute Gasteiger partial charge is 0.341 e. The second-order valence-electron chi connectivity index (χ2n) is 2.72. The van der Waals surface area contributed by atoms with E-state index in [-0.39, 0.29) is 20.9 Å². The summed E-state index contributed by atoms with van der Waals surface area (Å²) in [5.74, 6) is -1.69. The maximum absolute atomic E-state index is 11.5. The molecule has 0 saturated heterocycles. The average Bonchev–Trinajstić information content (AvgIpc) is 2.75. The first-order valence-electron chi connectivity index (χ1n) is 4.24. The molecule has 1 heterocycles. The van der Waals surface area contributed by atoms with E-state index in [9.17, 15) is 9.59 Å². The summed E-state index contributed by atoms with van der Waals surface area (Å²) in [6, 6.07) is 3.49. The van der Waals surface area contributed by atoms with Gasteiger partial charge in [0.1, 0.15) is 33.0 Å². The van der Waals surface area contributed by atoms with Crippen molar-refractivity contribution in [1.82, 2.24) is 0 Å². The molecule has 0 aliphatic carbocycles. The van der Waals surface area contributed by atoms with Crippen molar-refractivity contribution in [3.05, 3.63) is 20.9 Å².